The second-order valence-electron chi connectivity index (χ2n) is 5.34. The number of hydrogen-bond acceptors (Lipinski definition) is 5. The summed E-state index contributed by atoms with van der Waals surface area (Å²) in [5.41, 5.74) is 1.98. The highest BCUT2D eigenvalue weighted by atomic mass is 19.1. The Bertz CT molecular complexity index is 891. The highest BCUT2D eigenvalue weighted by molar-refractivity contribution is 5.88. The molecule has 1 heterocycles. The molecule has 6 nitrogen and oxygen atoms in total. The van der Waals surface area contributed by atoms with Crippen molar-refractivity contribution < 1.29 is 18.7 Å². The Morgan fingerprint density at radius 2 is 1.96 bits per heavy atom. The van der Waals surface area contributed by atoms with Gasteiger partial charge in [-0.3, -0.25) is 0 Å². The second-order valence-corrected chi connectivity index (χ2v) is 5.34. The molecule has 0 spiro atoms. The highest BCUT2D eigenvalue weighted by Crippen LogP contribution is 2.17. The van der Waals surface area contributed by atoms with Gasteiger partial charge in [0.05, 0.1) is 18.5 Å². The number of hydrogen-bond donors (Lipinski definition) is 0. The second kappa shape index (κ2) is 7.12. The molecule has 3 aromatic rings. The number of aromatic nitrogens is 3. The minimum Gasteiger partial charge on any atom is -0.497 e. The maximum atomic E-state index is 13.1. The van der Waals surface area contributed by atoms with Crippen LogP contribution < -0.4 is 4.74 Å². The van der Waals surface area contributed by atoms with Crippen LogP contribution in [0.4, 0.5) is 4.39 Å². The van der Waals surface area contributed by atoms with Crippen LogP contribution in [0.5, 0.6) is 5.75 Å². The Labute approximate surface area is 143 Å². The van der Waals surface area contributed by atoms with Crippen molar-refractivity contribution in [1.29, 1.82) is 0 Å². The van der Waals surface area contributed by atoms with E-state index in [0.717, 1.165) is 11.4 Å². The van der Waals surface area contributed by atoms with E-state index in [1.54, 1.807) is 38.3 Å². The lowest BCUT2D eigenvalue weighted by atomic mass is 10.2. The predicted molar refractivity (Wildman–Crippen MR) is 88.2 cm³/mol. The van der Waals surface area contributed by atoms with E-state index in [-0.39, 0.29) is 18.1 Å². The Balaban J connectivity index is 1.74. The molecular weight excluding hydrogens is 325 g/mol. The van der Waals surface area contributed by atoms with Gasteiger partial charge in [-0.2, -0.15) is 0 Å². The van der Waals surface area contributed by atoms with E-state index in [1.807, 2.05) is 12.1 Å². The summed E-state index contributed by atoms with van der Waals surface area (Å²) in [6, 6.07) is 13.1. The van der Waals surface area contributed by atoms with Crippen LogP contribution in [-0.2, 0) is 11.3 Å². The number of nitrogens with zero attached hydrogens (tertiary/aromatic N) is 3. The third kappa shape index (κ3) is 3.65. The van der Waals surface area contributed by atoms with E-state index in [9.17, 15) is 9.18 Å². The summed E-state index contributed by atoms with van der Waals surface area (Å²) in [5, 5.41) is 7.89. The minimum atomic E-state index is -0.610. The van der Waals surface area contributed by atoms with Crippen molar-refractivity contribution in [1.82, 2.24) is 15.0 Å². The highest BCUT2D eigenvalue weighted by Gasteiger charge is 2.19. The van der Waals surface area contributed by atoms with E-state index in [4.69, 9.17) is 9.47 Å². The Morgan fingerprint density at radius 3 is 2.64 bits per heavy atom. The topological polar surface area (TPSA) is 66.2 Å². The van der Waals surface area contributed by atoms with Crippen LogP contribution >= 0.6 is 0 Å². The third-order valence-corrected chi connectivity index (χ3v) is 3.66. The molecule has 0 saturated carbocycles. The molecule has 0 radical (unpaired) electrons. The summed E-state index contributed by atoms with van der Waals surface area (Å²) in [6.07, 6.45) is 0. The summed E-state index contributed by atoms with van der Waals surface area (Å²) < 4.78 is 25.0. The van der Waals surface area contributed by atoms with E-state index < -0.39 is 5.97 Å². The molecule has 3 rings (SSSR count). The lowest BCUT2D eigenvalue weighted by molar-refractivity contribution is 0.0464. The average Bonchev–Trinajstić information content (AvgIpc) is 3.01. The van der Waals surface area contributed by atoms with Crippen LogP contribution in [0.1, 0.15) is 21.7 Å². The summed E-state index contributed by atoms with van der Waals surface area (Å²) in [7, 11) is 1.59. The molecule has 1 aromatic heterocycles. The zero-order valence-electron chi connectivity index (χ0n) is 13.8. The first-order valence-electron chi connectivity index (χ1n) is 7.57. The van der Waals surface area contributed by atoms with Gasteiger partial charge < -0.3 is 9.47 Å². The average molecular weight is 341 g/mol. The molecule has 2 aromatic carbocycles. The van der Waals surface area contributed by atoms with Crippen molar-refractivity contribution in [2.45, 2.75) is 13.5 Å². The molecule has 0 bridgehead atoms. The maximum Gasteiger partial charge on any atom is 0.361 e. The number of carbonyl (C=O) groups is 1. The molecule has 0 N–H and O–H groups in total. The zero-order chi connectivity index (χ0) is 17.8. The normalized spacial score (nSPS) is 10.5. The lowest BCUT2D eigenvalue weighted by Crippen LogP contribution is -2.08. The van der Waals surface area contributed by atoms with Gasteiger partial charge in [-0.25, -0.2) is 13.9 Å². The number of ether oxygens (including phenoxy) is 2. The molecule has 0 atom stereocenters. The van der Waals surface area contributed by atoms with Gasteiger partial charge in [-0.15, -0.1) is 5.10 Å². The molecule has 0 fully saturated rings. The molecule has 0 saturated heterocycles. The molecule has 0 unspecified atom stereocenters. The van der Waals surface area contributed by atoms with Crippen molar-refractivity contribution in [3.63, 3.8) is 0 Å². The number of benzene rings is 2. The van der Waals surface area contributed by atoms with Crippen LogP contribution in [0, 0.1) is 12.7 Å². The molecule has 0 aliphatic carbocycles. The predicted octanol–water partition coefficient (Wildman–Crippen LogP) is 3.08. The van der Waals surface area contributed by atoms with Crippen LogP contribution in [0.2, 0.25) is 0 Å². The van der Waals surface area contributed by atoms with Crippen molar-refractivity contribution >= 4 is 5.97 Å². The van der Waals surface area contributed by atoms with Gasteiger partial charge >= 0.3 is 5.97 Å². The monoisotopic (exact) mass is 341 g/mol. The minimum absolute atomic E-state index is 0.0363. The smallest absolute Gasteiger partial charge is 0.361 e. The van der Waals surface area contributed by atoms with Crippen LogP contribution in [-0.4, -0.2) is 28.1 Å². The van der Waals surface area contributed by atoms with Crippen LogP contribution in [0.25, 0.3) is 5.69 Å². The Hall–Kier alpha value is -3.22. The summed E-state index contributed by atoms with van der Waals surface area (Å²) in [6.45, 7) is 1.69. The molecule has 7 heteroatoms. The van der Waals surface area contributed by atoms with Crippen molar-refractivity contribution in [2.24, 2.45) is 0 Å². The fourth-order valence-electron chi connectivity index (χ4n) is 2.33. The first-order valence-corrected chi connectivity index (χ1v) is 7.57. The fraction of sp³-hybridized carbons (Fsp3) is 0.167. The van der Waals surface area contributed by atoms with Crippen molar-refractivity contribution in [3.05, 3.63) is 71.3 Å². The van der Waals surface area contributed by atoms with Crippen molar-refractivity contribution in [2.75, 3.05) is 7.11 Å². The molecule has 0 aliphatic heterocycles. The zero-order valence-corrected chi connectivity index (χ0v) is 13.8. The third-order valence-electron chi connectivity index (χ3n) is 3.66. The Morgan fingerprint density at radius 1 is 1.20 bits per heavy atom. The number of carbonyl (C=O) groups excluding carboxylic acids is 1. The van der Waals surface area contributed by atoms with Crippen molar-refractivity contribution in [3.8, 4) is 11.4 Å². The summed E-state index contributed by atoms with van der Waals surface area (Å²) >= 11 is 0. The summed E-state index contributed by atoms with van der Waals surface area (Å²) in [5.74, 6) is -0.270. The van der Waals surface area contributed by atoms with Gasteiger partial charge in [0.15, 0.2) is 5.69 Å². The SMILES string of the molecule is COc1ccc(-n2nnc(C(=O)OCc3cccc(F)c3)c2C)cc1. The van der Waals surface area contributed by atoms with Gasteiger partial charge in [0, 0.05) is 0 Å². The first kappa shape index (κ1) is 16.6. The molecule has 25 heavy (non-hydrogen) atoms. The number of methoxy groups -OCH3 is 1. The quantitative estimate of drug-likeness (QED) is 0.667. The number of halogens is 1. The van der Waals surface area contributed by atoms with E-state index >= 15 is 0 Å². The first-order chi connectivity index (χ1) is 12.1. The standard InChI is InChI=1S/C18H16FN3O3/c1-12-17(18(23)25-11-13-4-3-5-14(19)10-13)20-21-22(12)15-6-8-16(24-2)9-7-15/h3-10H,11H2,1-2H3. The van der Waals surface area contributed by atoms with Crippen LogP contribution in [0.3, 0.4) is 0 Å². The molecular formula is C18H16FN3O3. The molecule has 0 aliphatic rings. The molecule has 128 valence electrons. The summed E-state index contributed by atoms with van der Waals surface area (Å²) in [4.78, 5) is 12.2. The number of esters is 1. The fourth-order valence-corrected chi connectivity index (χ4v) is 2.33. The van der Waals surface area contributed by atoms with Gasteiger partial charge in [0.25, 0.3) is 0 Å². The van der Waals surface area contributed by atoms with Gasteiger partial charge in [0.1, 0.15) is 18.2 Å². The van der Waals surface area contributed by atoms with Crippen LogP contribution in [0.15, 0.2) is 48.5 Å². The van der Waals surface area contributed by atoms with Gasteiger partial charge in [-0.05, 0) is 48.9 Å². The van der Waals surface area contributed by atoms with Gasteiger partial charge in [0.2, 0.25) is 0 Å². The lowest BCUT2D eigenvalue weighted by Gasteiger charge is -2.06. The van der Waals surface area contributed by atoms with E-state index in [1.165, 1.54) is 16.8 Å². The largest absolute Gasteiger partial charge is 0.497 e. The maximum absolute atomic E-state index is 13.1. The molecule has 0 amide bonds. The van der Waals surface area contributed by atoms with E-state index in [2.05, 4.69) is 10.3 Å². The number of rotatable bonds is 5. The van der Waals surface area contributed by atoms with Gasteiger partial charge in [-0.1, -0.05) is 17.3 Å². The van der Waals surface area contributed by atoms with E-state index in [0.29, 0.717) is 11.3 Å². The Kier molecular flexibility index (Phi) is 4.74.